The number of alkyl halides is 2. The third kappa shape index (κ3) is 2.56. The molecule has 0 aromatic carbocycles. The number of hydrogen-bond acceptors (Lipinski definition) is 4. The molecule has 0 unspecified atom stereocenters. The molecule has 1 heterocycles. The topological polar surface area (TPSA) is 67.3 Å². The van der Waals surface area contributed by atoms with Gasteiger partial charge in [-0.05, 0) is 15.9 Å². The molecule has 0 fully saturated rings. The van der Waals surface area contributed by atoms with Gasteiger partial charge in [-0.25, -0.2) is 17.2 Å². The largest absolute Gasteiger partial charge is 0.504 e. The van der Waals surface area contributed by atoms with E-state index in [0.29, 0.717) is 0 Å². The molecule has 15 heavy (non-hydrogen) atoms. The van der Waals surface area contributed by atoms with Crippen molar-refractivity contribution in [3.05, 3.63) is 16.4 Å². The first-order valence-electron chi connectivity index (χ1n) is 3.35. The summed E-state index contributed by atoms with van der Waals surface area (Å²) in [7, 11) is 0.637. The molecule has 0 spiro atoms. The van der Waals surface area contributed by atoms with Crippen molar-refractivity contribution in [1.82, 2.24) is 4.98 Å². The minimum Gasteiger partial charge on any atom is -0.504 e. The molecule has 0 bridgehead atoms. The minimum atomic E-state index is -4.32. The van der Waals surface area contributed by atoms with Crippen LogP contribution in [0.15, 0.2) is 15.6 Å². The summed E-state index contributed by atoms with van der Waals surface area (Å²) in [5.41, 5.74) is -1.03. The highest BCUT2D eigenvalue weighted by molar-refractivity contribution is 9.10. The molecular weight excluding hydrogens is 319 g/mol. The van der Waals surface area contributed by atoms with E-state index in [1.807, 2.05) is 0 Å². The molecule has 0 saturated carbocycles. The van der Waals surface area contributed by atoms with Crippen LogP contribution in [0.5, 0.6) is 5.75 Å². The molecule has 4 nitrogen and oxygen atoms in total. The van der Waals surface area contributed by atoms with Gasteiger partial charge in [0.25, 0.3) is 15.5 Å². The molecule has 0 aliphatic rings. The van der Waals surface area contributed by atoms with Crippen LogP contribution < -0.4 is 0 Å². The lowest BCUT2D eigenvalue weighted by atomic mass is 10.3. The lowest BCUT2D eigenvalue weighted by Gasteiger charge is -2.07. The Morgan fingerprint density at radius 2 is 2.07 bits per heavy atom. The van der Waals surface area contributed by atoms with Crippen LogP contribution in [0.4, 0.5) is 8.78 Å². The Kier molecular flexibility index (Phi) is 3.51. The number of rotatable bonds is 2. The standard InChI is InChI=1S/C6H3BrClF2NO3S/c7-2-1-11-3(6(9)10)4(12)5(2)15(8,13)14/h1,6,12H. The zero-order valence-electron chi connectivity index (χ0n) is 6.79. The summed E-state index contributed by atoms with van der Waals surface area (Å²) < 4.78 is 46.2. The maximum atomic E-state index is 12.3. The van der Waals surface area contributed by atoms with Gasteiger partial charge >= 0.3 is 0 Å². The van der Waals surface area contributed by atoms with Gasteiger partial charge in [0.05, 0.1) is 4.47 Å². The van der Waals surface area contributed by atoms with Gasteiger partial charge in [0, 0.05) is 16.9 Å². The molecule has 0 atom stereocenters. The van der Waals surface area contributed by atoms with Crippen molar-refractivity contribution >= 4 is 35.7 Å². The first-order chi connectivity index (χ1) is 6.75. The van der Waals surface area contributed by atoms with Gasteiger partial charge in [-0.15, -0.1) is 0 Å². The van der Waals surface area contributed by atoms with Gasteiger partial charge in [0.15, 0.2) is 5.75 Å². The zero-order valence-corrected chi connectivity index (χ0v) is 9.94. The van der Waals surface area contributed by atoms with E-state index in [4.69, 9.17) is 10.7 Å². The van der Waals surface area contributed by atoms with Gasteiger partial charge in [-0.3, -0.25) is 4.98 Å². The van der Waals surface area contributed by atoms with Gasteiger partial charge in [0.1, 0.15) is 10.6 Å². The normalized spacial score (nSPS) is 12.1. The molecule has 9 heteroatoms. The van der Waals surface area contributed by atoms with Crippen molar-refractivity contribution in [3.63, 3.8) is 0 Å². The first kappa shape index (κ1) is 12.6. The van der Waals surface area contributed by atoms with Crippen LogP contribution in [0.25, 0.3) is 0 Å². The van der Waals surface area contributed by atoms with Crippen LogP contribution in [-0.2, 0) is 9.05 Å². The maximum absolute atomic E-state index is 12.3. The number of aromatic hydroxyl groups is 1. The van der Waals surface area contributed by atoms with Crippen LogP contribution in [0, 0.1) is 0 Å². The van der Waals surface area contributed by atoms with Gasteiger partial charge in [0.2, 0.25) is 0 Å². The molecule has 0 amide bonds. The summed E-state index contributed by atoms with van der Waals surface area (Å²) in [6, 6.07) is 0. The molecule has 0 aliphatic heterocycles. The second-order valence-corrected chi connectivity index (χ2v) is 5.76. The Bertz CT molecular complexity index is 493. The minimum absolute atomic E-state index is 0.181. The SMILES string of the molecule is O=S(=O)(Cl)c1c(Br)cnc(C(F)F)c1O. The number of halogens is 4. The van der Waals surface area contributed by atoms with E-state index >= 15 is 0 Å². The molecule has 1 aromatic rings. The van der Waals surface area contributed by atoms with Crippen LogP contribution in [0.3, 0.4) is 0 Å². The second kappa shape index (κ2) is 4.18. The molecular formula is C6H3BrClF2NO3S. The van der Waals surface area contributed by atoms with E-state index in [2.05, 4.69) is 20.9 Å². The molecule has 0 saturated heterocycles. The quantitative estimate of drug-likeness (QED) is 0.849. The first-order valence-corrected chi connectivity index (χ1v) is 6.45. The van der Waals surface area contributed by atoms with E-state index in [0.717, 1.165) is 6.20 Å². The predicted molar refractivity (Wildman–Crippen MR) is 51.6 cm³/mol. The highest BCUT2D eigenvalue weighted by Gasteiger charge is 2.26. The molecule has 1 rings (SSSR count). The highest BCUT2D eigenvalue weighted by atomic mass is 79.9. The van der Waals surface area contributed by atoms with Crippen LogP contribution in [0.1, 0.15) is 12.1 Å². The maximum Gasteiger partial charge on any atom is 0.284 e. The Hall–Kier alpha value is -0.470. The van der Waals surface area contributed by atoms with Crippen LogP contribution >= 0.6 is 26.6 Å². The molecule has 1 aromatic heterocycles. The fourth-order valence-electron chi connectivity index (χ4n) is 0.867. The van der Waals surface area contributed by atoms with Crippen molar-refractivity contribution in [3.8, 4) is 5.75 Å². The number of pyridine rings is 1. The number of aromatic nitrogens is 1. The average molecular weight is 323 g/mol. The summed E-state index contributed by atoms with van der Waals surface area (Å²) >= 11 is 2.74. The third-order valence-corrected chi connectivity index (χ3v) is 3.67. The van der Waals surface area contributed by atoms with Crippen LogP contribution in [0.2, 0.25) is 0 Å². The van der Waals surface area contributed by atoms with E-state index in [1.54, 1.807) is 0 Å². The van der Waals surface area contributed by atoms with Crippen molar-refractivity contribution in [2.45, 2.75) is 11.3 Å². The Labute approximate surface area is 96.4 Å². The highest BCUT2D eigenvalue weighted by Crippen LogP contribution is 2.37. The van der Waals surface area contributed by atoms with Crippen molar-refractivity contribution < 1.29 is 22.3 Å². The molecule has 0 radical (unpaired) electrons. The van der Waals surface area contributed by atoms with Crippen molar-refractivity contribution in [2.24, 2.45) is 0 Å². The number of hydrogen-bond donors (Lipinski definition) is 1. The monoisotopic (exact) mass is 321 g/mol. The van der Waals surface area contributed by atoms with Gasteiger partial charge in [-0.2, -0.15) is 0 Å². The Morgan fingerprint density at radius 1 is 1.53 bits per heavy atom. The smallest absolute Gasteiger partial charge is 0.284 e. The van der Waals surface area contributed by atoms with E-state index in [-0.39, 0.29) is 4.47 Å². The number of nitrogens with zero attached hydrogens (tertiary/aromatic N) is 1. The van der Waals surface area contributed by atoms with Gasteiger partial charge < -0.3 is 5.11 Å². The average Bonchev–Trinajstić information content (AvgIpc) is 2.00. The van der Waals surface area contributed by atoms with E-state index in [9.17, 15) is 22.3 Å². The molecule has 0 aliphatic carbocycles. The summed E-state index contributed by atoms with van der Waals surface area (Å²) in [4.78, 5) is 2.37. The second-order valence-electron chi connectivity index (χ2n) is 2.41. The summed E-state index contributed by atoms with van der Waals surface area (Å²) in [5.74, 6) is -1.14. The van der Waals surface area contributed by atoms with Gasteiger partial charge in [-0.1, -0.05) is 0 Å². The fourth-order valence-corrected chi connectivity index (χ4v) is 3.17. The summed E-state index contributed by atoms with van der Waals surface area (Å²) in [6.07, 6.45) is -2.26. The van der Waals surface area contributed by atoms with Crippen LogP contribution in [-0.4, -0.2) is 18.5 Å². The third-order valence-electron chi connectivity index (χ3n) is 1.44. The van der Waals surface area contributed by atoms with Crippen molar-refractivity contribution in [1.29, 1.82) is 0 Å². The Morgan fingerprint density at radius 3 is 2.47 bits per heavy atom. The lowest BCUT2D eigenvalue weighted by molar-refractivity contribution is 0.141. The van der Waals surface area contributed by atoms with E-state index in [1.165, 1.54) is 0 Å². The fraction of sp³-hybridized carbons (Fsp3) is 0.167. The lowest BCUT2D eigenvalue weighted by Crippen LogP contribution is -1.99. The summed E-state index contributed by atoms with van der Waals surface area (Å²) in [5, 5.41) is 9.24. The van der Waals surface area contributed by atoms with Crippen molar-refractivity contribution in [2.75, 3.05) is 0 Å². The van der Waals surface area contributed by atoms with E-state index < -0.39 is 31.8 Å². The Balaban J connectivity index is 3.59. The molecule has 84 valence electrons. The predicted octanol–water partition coefficient (Wildman–Crippen LogP) is 2.41. The zero-order chi connectivity index (χ0) is 11.8. The summed E-state index contributed by atoms with van der Waals surface area (Å²) in [6.45, 7) is 0. The molecule has 1 N–H and O–H groups in total.